The van der Waals surface area contributed by atoms with Crippen molar-refractivity contribution in [2.24, 2.45) is 0 Å². The van der Waals surface area contributed by atoms with Crippen molar-refractivity contribution >= 4 is 23.2 Å². The topological polar surface area (TPSA) is 58.1 Å². The molecule has 0 radical (unpaired) electrons. The molecule has 144 valence electrons. The second-order valence-electron chi connectivity index (χ2n) is 6.96. The van der Waals surface area contributed by atoms with Crippen molar-refractivity contribution < 1.29 is 4.79 Å². The van der Waals surface area contributed by atoms with Gasteiger partial charge < -0.3 is 10.2 Å². The van der Waals surface area contributed by atoms with Crippen LogP contribution in [-0.4, -0.2) is 29.0 Å². The first-order valence-electron chi connectivity index (χ1n) is 9.77. The smallest absolute Gasteiger partial charge is 0.251 e. The van der Waals surface area contributed by atoms with Gasteiger partial charge in [-0.05, 0) is 48.9 Å². The number of carbonyl (C=O) groups is 1. The van der Waals surface area contributed by atoms with Crippen LogP contribution in [0.2, 0.25) is 0 Å². The third kappa shape index (κ3) is 4.07. The van der Waals surface area contributed by atoms with E-state index in [9.17, 15) is 4.79 Å². The minimum atomic E-state index is -0.0488. The van der Waals surface area contributed by atoms with Crippen LogP contribution in [0.5, 0.6) is 0 Å². The number of nitrogens with zero attached hydrogens (tertiary/aromatic N) is 3. The summed E-state index contributed by atoms with van der Waals surface area (Å²) in [4.78, 5) is 25.2. The molecule has 4 rings (SSSR count). The lowest BCUT2D eigenvalue weighted by Crippen LogP contribution is -2.27. The first-order chi connectivity index (χ1) is 13.7. The minimum absolute atomic E-state index is 0.0488. The van der Waals surface area contributed by atoms with Crippen LogP contribution in [0.1, 0.15) is 47.5 Å². The molecule has 0 bridgehead atoms. The summed E-state index contributed by atoms with van der Waals surface area (Å²) >= 11 is 1.67. The van der Waals surface area contributed by atoms with Crippen LogP contribution in [0.3, 0.4) is 0 Å². The van der Waals surface area contributed by atoms with Gasteiger partial charge in [0.2, 0.25) is 5.95 Å². The van der Waals surface area contributed by atoms with Gasteiger partial charge in [-0.25, -0.2) is 9.97 Å². The third-order valence-electron chi connectivity index (χ3n) is 5.07. The van der Waals surface area contributed by atoms with Crippen molar-refractivity contribution in [1.29, 1.82) is 0 Å². The number of anilines is 1. The van der Waals surface area contributed by atoms with Crippen LogP contribution in [0, 0.1) is 0 Å². The number of hydrogen-bond donors (Lipinski definition) is 1. The zero-order valence-electron chi connectivity index (χ0n) is 16.0. The highest BCUT2D eigenvalue weighted by atomic mass is 32.1. The lowest BCUT2D eigenvalue weighted by molar-refractivity contribution is 0.0936. The molecule has 6 heteroatoms. The Morgan fingerprint density at radius 1 is 1.18 bits per heavy atom. The van der Waals surface area contributed by atoms with Crippen molar-refractivity contribution in [3.63, 3.8) is 0 Å². The van der Waals surface area contributed by atoms with E-state index in [0.29, 0.717) is 5.56 Å². The van der Waals surface area contributed by atoms with Gasteiger partial charge in [0, 0.05) is 35.3 Å². The van der Waals surface area contributed by atoms with Gasteiger partial charge in [-0.3, -0.25) is 4.79 Å². The summed E-state index contributed by atoms with van der Waals surface area (Å²) < 4.78 is 0. The van der Waals surface area contributed by atoms with E-state index in [-0.39, 0.29) is 11.9 Å². The molecule has 1 aliphatic rings. The molecule has 0 spiro atoms. The van der Waals surface area contributed by atoms with E-state index in [0.717, 1.165) is 36.7 Å². The van der Waals surface area contributed by atoms with Crippen molar-refractivity contribution in [2.45, 2.75) is 32.2 Å². The number of amides is 1. The van der Waals surface area contributed by atoms with Gasteiger partial charge in [0.1, 0.15) is 0 Å². The Balaban J connectivity index is 1.48. The van der Waals surface area contributed by atoms with E-state index >= 15 is 0 Å². The van der Waals surface area contributed by atoms with E-state index in [1.54, 1.807) is 11.3 Å². The molecule has 0 unspecified atom stereocenters. The van der Waals surface area contributed by atoms with E-state index < -0.39 is 0 Å². The normalized spacial score (nSPS) is 14.8. The van der Waals surface area contributed by atoms with Crippen LogP contribution in [0.15, 0.2) is 54.0 Å². The van der Waals surface area contributed by atoms with Crippen LogP contribution in [-0.2, 0) is 0 Å². The van der Waals surface area contributed by atoms with Gasteiger partial charge in [-0.2, -0.15) is 0 Å². The predicted molar refractivity (Wildman–Crippen MR) is 114 cm³/mol. The highest BCUT2D eigenvalue weighted by Gasteiger charge is 2.17. The lowest BCUT2D eigenvalue weighted by atomic mass is 10.1. The quantitative estimate of drug-likeness (QED) is 0.661. The molecule has 3 heterocycles. The second kappa shape index (κ2) is 8.52. The van der Waals surface area contributed by atoms with Crippen LogP contribution in [0.4, 0.5) is 5.95 Å². The number of benzene rings is 1. The molecule has 0 aliphatic carbocycles. The summed E-state index contributed by atoms with van der Waals surface area (Å²) in [6.07, 6.45) is 5.07. The van der Waals surface area contributed by atoms with Crippen LogP contribution in [0.25, 0.3) is 11.3 Å². The maximum Gasteiger partial charge on any atom is 0.251 e. The molecule has 1 aliphatic heterocycles. The first kappa shape index (κ1) is 18.6. The van der Waals surface area contributed by atoms with Crippen LogP contribution < -0.4 is 10.2 Å². The van der Waals surface area contributed by atoms with Gasteiger partial charge in [0.25, 0.3) is 5.91 Å². The number of nitrogens with one attached hydrogen (secondary N) is 1. The molecular formula is C22H24N4OS. The van der Waals surface area contributed by atoms with Gasteiger partial charge in [-0.15, -0.1) is 11.3 Å². The van der Waals surface area contributed by atoms with Gasteiger partial charge in [0.05, 0.1) is 11.7 Å². The average Bonchev–Trinajstić information content (AvgIpc) is 3.46. The summed E-state index contributed by atoms with van der Waals surface area (Å²) in [7, 11) is 0. The van der Waals surface area contributed by atoms with E-state index in [1.807, 2.05) is 48.0 Å². The summed E-state index contributed by atoms with van der Waals surface area (Å²) in [5.41, 5.74) is 2.53. The van der Waals surface area contributed by atoms with Gasteiger partial charge in [0.15, 0.2) is 0 Å². The minimum Gasteiger partial charge on any atom is -0.344 e. The Kier molecular flexibility index (Phi) is 5.67. The predicted octanol–water partition coefficient (Wildman–Crippen LogP) is 4.69. The SMILES string of the molecule is CC[C@H](NC(=O)c1ccc(-c2ccnc(N3CCCC3)n2)cc1)c1cccs1. The van der Waals surface area contributed by atoms with Gasteiger partial charge >= 0.3 is 0 Å². The maximum absolute atomic E-state index is 12.6. The average molecular weight is 393 g/mol. The van der Waals surface area contributed by atoms with Crippen LogP contribution >= 0.6 is 11.3 Å². The molecule has 1 fully saturated rings. The Hall–Kier alpha value is -2.73. The monoisotopic (exact) mass is 392 g/mol. The van der Waals surface area contributed by atoms with Crippen molar-refractivity contribution in [2.75, 3.05) is 18.0 Å². The zero-order chi connectivity index (χ0) is 19.3. The molecule has 5 nitrogen and oxygen atoms in total. The molecule has 28 heavy (non-hydrogen) atoms. The van der Waals surface area contributed by atoms with E-state index in [4.69, 9.17) is 4.98 Å². The summed E-state index contributed by atoms with van der Waals surface area (Å²) in [6, 6.07) is 13.7. The summed E-state index contributed by atoms with van der Waals surface area (Å²) in [5, 5.41) is 5.17. The molecule has 1 atom stereocenters. The number of aromatic nitrogens is 2. The molecule has 0 saturated carbocycles. The van der Waals surface area contributed by atoms with E-state index in [1.165, 1.54) is 17.7 Å². The Bertz CT molecular complexity index is 918. The van der Waals surface area contributed by atoms with E-state index in [2.05, 4.69) is 28.2 Å². The first-order valence-corrected chi connectivity index (χ1v) is 10.7. The fourth-order valence-corrected chi connectivity index (χ4v) is 4.34. The largest absolute Gasteiger partial charge is 0.344 e. The second-order valence-corrected chi connectivity index (χ2v) is 7.94. The Labute approximate surface area is 169 Å². The van der Waals surface area contributed by atoms with Crippen molar-refractivity contribution in [3.05, 3.63) is 64.5 Å². The standard InChI is InChI=1S/C22H24N4OS/c1-2-18(20-6-5-15-28-20)24-21(27)17-9-7-16(8-10-17)19-11-12-23-22(25-19)26-13-3-4-14-26/h5-12,15,18H,2-4,13-14H2,1H3,(H,24,27)/t18-/m0/s1. The lowest BCUT2D eigenvalue weighted by Gasteiger charge is -2.16. The number of carbonyl (C=O) groups excluding carboxylic acids is 1. The highest BCUT2D eigenvalue weighted by molar-refractivity contribution is 7.10. The highest BCUT2D eigenvalue weighted by Crippen LogP contribution is 2.24. The zero-order valence-corrected chi connectivity index (χ0v) is 16.8. The number of thiophene rings is 1. The Morgan fingerprint density at radius 2 is 1.96 bits per heavy atom. The number of hydrogen-bond acceptors (Lipinski definition) is 5. The molecule has 1 saturated heterocycles. The molecule has 1 amide bonds. The summed E-state index contributed by atoms with van der Waals surface area (Å²) in [5.74, 6) is 0.741. The number of rotatable bonds is 6. The molecule has 1 aromatic carbocycles. The molecular weight excluding hydrogens is 368 g/mol. The molecule has 2 aromatic heterocycles. The molecule has 3 aromatic rings. The Morgan fingerprint density at radius 3 is 2.64 bits per heavy atom. The molecule has 1 N–H and O–H groups in total. The fraction of sp³-hybridized carbons (Fsp3) is 0.318. The van der Waals surface area contributed by atoms with Crippen molar-refractivity contribution in [3.8, 4) is 11.3 Å². The maximum atomic E-state index is 12.6. The fourth-order valence-electron chi connectivity index (χ4n) is 3.48. The van der Waals surface area contributed by atoms with Crippen molar-refractivity contribution in [1.82, 2.24) is 15.3 Å². The van der Waals surface area contributed by atoms with Gasteiger partial charge in [-0.1, -0.05) is 25.1 Å². The third-order valence-corrected chi connectivity index (χ3v) is 6.06. The summed E-state index contributed by atoms with van der Waals surface area (Å²) in [6.45, 7) is 4.12.